The summed E-state index contributed by atoms with van der Waals surface area (Å²) in [4.78, 5) is 28.9. The molecule has 0 saturated heterocycles. The fraction of sp³-hybridized carbons (Fsp3) is 0.150. The molecule has 0 unspecified atom stereocenters. The van der Waals surface area contributed by atoms with Crippen LogP contribution in [-0.2, 0) is 11.3 Å². The van der Waals surface area contributed by atoms with Crippen LogP contribution in [0.1, 0.15) is 17.3 Å². The van der Waals surface area contributed by atoms with Crippen LogP contribution in [0.15, 0.2) is 60.1 Å². The minimum absolute atomic E-state index is 0.138. The summed E-state index contributed by atoms with van der Waals surface area (Å²) in [5, 5.41) is 2.76. The Bertz CT molecular complexity index is 1100. The highest BCUT2D eigenvalue weighted by atomic mass is 32.1. The SMILES string of the molecule is C=CCn1c(=NC(=O)c2ccccc2OC)sc2cc(NC(C)=O)ccc21. The number of benzene rings is 2. The van der Waals surface area contributed by atoms with Crippen LogP contribution in [0.3, 0.4) is 0 Å². The van der Waals surface area contributed by atoms with Gasteiger partial charge in [-0.05, 0) is 30.3 Å². The van der Waals surface area contributed by atoms with E-state index >= 15 is 0 Å². The van der Waals surface area contributed by atoms with Gasteiger partial charge in [0.2, 0.25) is 5.91 Å². The molecule has 6 nitrogen and oxygen atoms in total. The number of allylic oxidation sites excluding steroid dienone is 1. The van der Waals surface area contributed by atoms with E-state index in [0.717, 1.165) is 10.2 Å². The Morgan fingerprint density at radius 1 is 1.30 bits per heavy atom. The van der Waals surface area contributed by atoms with E-state index in [9.17, 15) is 9.59 Å². The van der Waals surface area contributed by atoms with Crippen molar-refractivity contribution in [1.82, 2.24) is 4.57 Å². The molecule has 3 aromatic rings. The maximum atomic E-state index is 12.7. The van der Waals surface area contributed by atoms with Crippen molar-refractivity contribution in [3.05, 3.63) is 65.5 Å². The maximum absolute atomic E-state index is 12.7. The van der Waals surface area contributed by atoms with Crippen LogP contribution in [0.25, 0.3) is 10.2 Å². The number of amides is 2. The lowest BCUT2D eigenvalue weighted by Gasteiger charge is -2.05. The molecular formula is C20H19N3O3S. The second-order valence-corrected chi connectivity index (χ2v) is 6.77. The van der Waals surface area contributed by atoms with Crippen molar-refractivity contribution < 1.29 is 14.3 Å². The van der Waals surface area contributed by atoms with Crippen LogP contribution < -0.4 is 14.9 Å². The first-order valence-electron chi connectivity index (χ1n) is 8.27. The first-order chi connectivity index (χ1) is 13.0. The van der Waals surface area contributed by atoms with Crippen LogP contribution in [0.5, 0.6) is 5.75 Å². The molecule has 0 aliphatic rings. The molecule has 0 aliphatic heterocycles. The molecule has 0 bridgehead atoms. The molecule has 0 saturated carbocycles. The largest absolute Gasteiger partial charge is 0.496 e. The Morgan fingerprint density at radius 3 is 2.78 bits per heavy atom. The predicted molar refractivity (Wildman–Crippen MR) is 107 cm³/mol. The van der Waals surface area contributed by atoms with Gasteiger partial charge in [0.1, 0.15) is 5.75 Å². The van der Waals surface area contributed by atoms with E-state index in [1.165, 1.54) is 25.4 Å². The van der Waals surface area contributed by atoms with Crippen LogP contribution >= 0.6 is 11.3 Å². The Balaban J connectivity index is 2.12. The molecule has 1 N–H and O–H groups in total. The van der Waals surface area contributed by atoms with Gasteiger partial charge in [0.05, 0.1) is 22.9 Å². The maximum Gasteiger partial charge on any atom is 0.283 e. The lowest BCUT2D eigenvalue weighted by atomic mass is 10.2. The first-order valence-corrected chi connectivity index (χ1v) is 9.09. The third-order valence-corrected chi connectivity index (χ3v) is 4.89. The third-order valence-electron chi connectivity index (χ3n) is 3.85. The van der Waals surface area contributed by atoms with Crippen molar-refractivity contribution in [2.75, 3.05) is 12.4 Å². The molecular weight excluding hydrogens is 362 g/mol. The van der Waals surface area contributed by atoms with Crippen molar-refractivity contribution in [1.29, 1.82) is 0 Å². The van der Waals surface area contributed by atoms with E-state index in [1.807, 2.05) is 22.8 Å². The number of anilines is 1. The van der Waals surface area contributed by atoms with Gasteiger partial charge in [0.25, 0.3) is 5.91 Å². The van der Waals surface area contributed by atoms with Gasteiger partial charge in [0, 0.05) is 19.2 Å². The third kappa shape index (κ3) is 3.98. The summed E-state index contributed by atoms with van der Waals surface area (Å²) in [7, 11) is 1.52. The smallest absolute Gasteiger partial charge is 0.283 e. The molecule has 7 heteroatoms. The second-order valence-electron chi connectivity index (χ2n) is 5.76. The van der Waals surface area contributed by atoms with Gasteiger partial charge < -0.3 is 14.6 Å². The minimum Gasteiger partial charge on any atom is -0.496 e. The molecule has 0 fully saturated rings. The molecule has 0 atom stereocenters. The lowest BCUT2D eigenvalue weighted by molar-refractivity contribution is -0.114. The number of ether oxygens (including phenoxy) is 1. The Morgan fingerprint density at radius 2 is 2.07 bits per heavy atom. The van der Waals surface area contributed by atoms with Crippen LogP contribution in [-0.4, -0.2) is 23.5 Å². The number of hydrogen-bond donors (Lipinski definition) is 1. The molecule has 1 heterocycles. The highest BCUT2D eigenvalue weighted by Gasteiger charge is 2.13. The van der Waals surface area contributed by atoms with Crippen molar-refractivity contribution in [2.24, 2.45) is 4.99 Å². The average Bonchev–Trinajstić information content (AvgIpc) is 2.98. The van der Waals surface area contributed by atoms with E-state index in [1.54, 1.807) is 30.3 Å². The van der Waals surface area contributed by atoms with Crippen molar-refractivity contribution in [3.8, 4) is 5.75 Å². The van der Waals surface area contributed by atoms with Gasteiger partial charge in [-0.3, -0.25) is 9.59 Å². The number of hydrogen-bond acceptors (Lipinski definition) is 4. The van der Waals surface area contributed by atoms with Crippen molar-refractivity contribution in [2.45, 2.75) is 13.5 Å². The first kappa shape index (κ1) is 18.6. The van der Waals surface area contributed by atoms with E-state index in [-0.39, 0.29) is 11.8 Å². The summed E-state index contributed by atoms with van der Waals surface area (Å²) in [6, 6.07) is 12.6. The fourth-order valence-corrected chi connectivity index (χ4v) is 3.79. The number of thiazole rings is 1. The summed E-state index contributed by atoms with van der Waals surface area (Å²) in [5.41, 5.74) is 2.02. The zero-order valence-electron chi connectivity index (χ0n) is 15.1. The highest BCUT2D eigenvalue weighted by Crippen LogP contribution is 2.23. The summed E-state index contributed by atoms with van der Waals surface area (Å²) in [6.45, 7) is 5.76. The number of methoxy groups -OCH3 is 1. The molecule has 138 valence electrons. The van der Waals surface area contributed by atoms with Gasteiger partial charge in [-0.2, -0.15) is 4.99 Å². The normalized spacial score (nSPS) is 11.4. The van der Waals surface area contributed by atoms with Crippen LogP contribution in [0, 0.1) is 0 Å². The van der Waals surface area contributed by atoms with Gasteiger partial charge in [-0.25, -0.2) is 0 Å². The second kappa shape index (κ2) is 8.01. The number of aromatic nitrogens is 1. The molecule has 2 amide bonds. The van der Waals surface area contributed by atoms with E-state index in [0.29, 0.717) is 28.3 Å². The van der Waals surface area contributed by atoms with Gasteiger partial charge in [-0.1, -0.05) is 29.5 Å². The highest BCUT2D eigenvalue weighted by molar-refractivity contribution is 7.16. The summed E-state index contributed by atoms with van der Waals surface area (Å²) in [6.07, 6.45) is 1.75. The predicted octanol–water partition coefficient (Wildman–Crippen LogP) is 3.60. The summed E-state index contributed by atoms with van der Waals surface area (Å²) >= 11 is 1.38. The number of nitrogens with zero attached hydrogens (tertiary/aromatic N) is 2. The van der Waals surface area contributed by atoms with E-state index in [4.69, 9.17) is 4.74 Å². The van der Waals surface area contributed by atoms with Gasteiger partial charge in [0.15, 0.2) is 4.80 Å². The Labute approximate surface area is 160 Å². The Kier molecular flexibility index (Phi) is 5.52. The molecule has 0 aliphatic carbocycles. The van der Waals surface area contributed by atoms with Gasteiger partial charge >= 0.3 is 0 Å². The zero-order valence-corrected chi connectivity index (χ0v) is 15.9. The fourth-order valence-electron chi connectivity index (χ4n) is 2.71. The van der Waals surface area contributed by atoms with Crippen LogP contribution in [0.4, 0.5) is 5.69 Å². The Hall–Kier alpha value is -3.19. The quantitative estimate of drug-likeness (QED) is 0.687. The molecule has 1 aromatic heterocycles. The number of fused-ring (bicyclic) bond motifs is 1. The number of rotatable bonds is 5. The number of carbonyl (C=O) groups excluding carboxylic acids is 2. The summed E-state index contributed by atoms with van der Waals surface area (Å²) < 4.78 is 8.08. The van der Waals surface area contributed by atoms with Crippen LogP contribution in [0.2, 0.25) is 0 Å². The number of nitrogens with one attached hydrogen (secondary N) is 1. The van der Waals surface area contributed by atoms with Crippen molar-refractivity contribution in [3.63, 3.8) is 0 Å². The summed E-state index contributed by atoms with van der Waals surface area (Å²) in [5.74, 6) is -0.0318. The molecule has 27 heavy (non-hydrogen) atoms. The molecule has 2 aromatic carbocycles. The van der Waals surface area contributed by atoms with E-state index in [2.05, 4.69) is 16.9 Å². The lowest BCUT2D eigenvalue weighted by Crippen LogP contribution is -2.16. The minimum atomic E-state index is -0.376. The standard InChI is InChI=1S/C20H19N3O3S/c1-4-11-23-16-10-9-14(21-13(2)24)12-18(16)27-20(23)22-19(25)15-7-5-6-8-17(15)26-3/h4-10,12H,1,11H2,2-3H3,(H,21,24). The number of carbonyl (C=O) groups is 2. The zero-order chi connectivity index (χ0) is 19.4. The van der Waals surface area contributed by atoms with Gasteiger partial charge in [-0.15, -0.1) is 6.58 Å². The molecule has 0 radical (unpaired) electrons. The molecule has 3 rings (SSSR count). The molecule has 0 spiro atoms. The topological polar surface area (TPSA) is 72.7 Å². The van der Waals surface area contributed by atoms with Crippen molar-refractivity contribution >= 4 is 39.1 Å². The average molecular weight is 381 g/mol. The number of para-hydroxylation sites is 1. The van der Waals surface area contributed by atoms with E-state index < -0.39 is 0 Å². The monoisotopic (exact) mass is 381 g/mol.